The number of aliphatic hydroxyl groups excluding tert-OH is 1. The van der Waals surface area contributed by atoms with E-state index in [1.165, 1.54) is 23.6 Å². The van der Waals surface area contributed by atoms with Crippen LogP contribution in [0.15, 0.2) is 33.5 Å². The highest BCUT2D eigenvalue weighted by Gasteiger charge is 2.37. The van der Waals surface area contributed by atoms with E-state index in [9.17, 15) is 23.1 Å². The third kappa shape index (κ3) is 3.53. The number of rotatable bonds is 5. The molecule has 1 saturated heterocycles. The van der Waals surface area contributed by atoms with Crippen molar-refractivity contribution >= 4 is 27.0 Å². The molecule has 1 aromatic heterocycles. The van der Waals surface area contributed by atoms with Gasteiger partial charge in [-0.25, -0.2) is 17.5 Å². The Balaban J connectivity index is 1.73. The van der Waals surface area contributed by atoms with Crippen LogP contribution in [-0.4, -0.2) is 72.2 Å². The van der Waals surface area contributed by atoms with Crippen LogP contribution in [0, 0.1) is 5.92 Å². The normalized spacial score (nSPS) is 21.0. The number of fused-ring (bicyclic) bond motifs is 1. The van der Waals surface area contributed by atoms with Gasteiger partial charge in [-0.15, -0.1) is 0 Å². The molecule has 2 aromatic rings. The number of carbonyl (C=O) groups excluding carboxylic acids is 1. The van der Waals surface area contributed by atoms with E-state index in [2.05, 4.69) is 0 Å². The number of benzene rings is 1. The highest BCUT2D eigenvalue weighted by atomic mass is 32.2. The van der Waals surface area contributed by atoms with Crippen LogP contribution in [0.2, 0.25) is 0 Å². The summed E-state index contributed by atoms with van der Waals surface area (Å²) < 4.78 is 31.4. The van der Waals surface area contributed by atoms with Crippen LogP contribution in [-0.2, 0) is 21.4 Å². The van der Waals surface area contributed by atoms with Crippen molar-refractivity contribution in [3.63, 3.8) is 0 Å². The average Bonchev–Trinajstić information content (AvgIpc) is 3.08. The Morgan fingerprint density at radius 2 is 2.00 bits per heavy atom. The summed E-state index contributed by atoms with van der Waals surface area (Å²) in [5.74, 6) is -1.81. The SMILES string of the molecule is CN(C)S(=O)(=O)C[C@@H]1CN(C(=O)Cn2c(=O)oc3ccccc32)C[C@@H]1O. The molecule has 3 rings (SSSR count). The first-order chi connectivity index (χ1) is 12.2. The molecule has 0 spiro atoms. The fourth-order valence-corrected chi connectivity index (χ4v) is 4.21. The van der Waals surface area contributed by atoms with Gasteiger partial charge in [0.1, 0.15) is 6.54 Å². The number of para-hydroxylation sites is 2. The maximum absolute atomic E-state index is 12.6. The second-order valence-electron chi connectivity index (χ2n) is 6.61. The van der Waals surface area contributed by atoms with E-state index in [1.54, 1.807) is 24.3 Å². The summed E-state index contributed by atoms with van der Waals surface area (Å²) in [7, 11) is -0.631. The molecular formula is C16H21N3O6S. The van der Waals surface area contributed by atoms with Gasteiger partial charge in [-0.2, -0.15) is 0 Å². The molecule has 26 heavy (non-hydrogen) atoms. The summed E-state index contributed by atoms with van der Waals surface area (Å²) in [6.07, 6.45) is -0.925. The maximum Gasteiger partial charge on any atom is 0.420 e. The van der Waals surface area contributed by atoms with Crippen molar-refractivity contribution in [2.75, 3.05) is 32.9 Å². The van der Waals surface area contributed by atoms with Crippen molar-refractivity contribution < 1.29 is 22.7 Å². The predicted octanol–water partition coefficient (Wildman–Crippen LogP) is -0.695. The lowest BCUT2D eigenvalue weighted by Gasteiger charge is -2.18. The van der Waals surface area contributed by atoms with Crippen molar-refractivity contribution in [3.8, 4) is 0 Å². The van der Waals surface area contributed by atoms with Gasteiger partial charge in [-0.3, -0.25) is 9.36 Å². The van der Waals surface area contributed by atoms with Gasteiger partial charge in [-0.05, 0) is 12.1 Å². The van der Waals surface area contributed by atoms with E-state index in [4.69, 9.17) is 4.42 Å². The van der Waals surface area contributed by atoms with E-state index < -0.39 is 27.8 Å². The van der Waals surface area contributed by atoms with Gasteiger partial charge in [0, 0.05) is 33.1 Å². The summed E-state index contributed by atoms with van der Waals surface area (Å²) in [5, 5.41) is 10.1. The van der Waals surface area contributed by atoms with Crippen molar-refractivity contribution in [1.29, 1.82) is 0 Å². The third-order valence-corrected chi connectivity index (χ3v) is 6.57. The molecule has 0 bridgehead atoms. The van der Waals surface area contributed by atoms with Gasteiger partial charge in [0.2, 0.25) is 15.9 Å². The van der Waals surface area contributed by atoms with Gasteiger partial charge < -0.3 is 14.4 Å². The highest BCUT2D eigenvalue weighted by molar-refractivity contribution is 7.89. The van der Waals surface area contributed by atoms with E-state index in [0.717, 1.165) is 4.31 Å². The lowest BCUT2D eigenvalue weighted by atomic mass is 10.1. The minimum atomic E-state index is -3.48. The molecule has 1 amide bonds. The number of hydrogen-bond acceptors (Lipinski definition) is 6. The van der Waals surface area contributed by atoms with Crippen LogP contribution in [0.25, 0.3) is 11.1 Å². The average molecular weight is 383 g/mol. The Bertz CT molecular complexity index is 977. The van der Waals surface area contributed by atoms with Gasteiger partial charge in [-0.1, -0.05) is 12.1 Å². The molecule has 142 valence electrons. The van der Waals surface area contributed by atoms with Crippen molar-refractivity contribution in [3.05, 3.63) is 34.8 Å². The van der Waals surface area contributed by atoms with Crippen LogP contribution in [0.4, 0.5) is 0 Å². The predicted molar refractivity (Wildman–Crippen MR) is 94.0 cm³/mol. The number of aromatic nitrogens is 1. The molecule has 0 saturated carbocycles. The smallest absolute Gasteiger partial charge is 0.408 e. The quantitative estimate of drug-likeness (QED) is 0.731. The number of hydrogen-bond donors (Lipinski definition) is 1. The molecular weight excluding hydrogens is 362 g/mol. The second kappa shape index (κ2) is 6.86. The van der Waals surface area contributed by atoms with Crippen molar-refractivity contribution in [2.24, 2.45) is 5.92 Å². The summed E-state index contributed by atoms with van der Waals surface area (Å²) in [6.45, 7) is -0.0652. The van der Waals surface area contributed by atoms with Gasteiger partial charge in [0.15, 0.2) is 5.58 Å². The fraction of sp³-hybridized carbons (Fsp3) is 0.500. The highest BCUT2D eigenvalue weighted by Crippen LogP contribution is 2.21. The molecule has 9 nitrogen and oxygen atoms in total. The van der Waals surface area contributed by atoms with E-state index in [1.807, 2.05) is 0 Å². The number of carbonyl (C=O) groups is 1. The van der Waals surface area contributed by atoms with E-state index >= 15 is 0 Å². The van der Waals surface area contributed by atoms with Gasteiger partial charge in [0.25, 0.3) is 0 Å². The monoisotopic (exact) mass is 383 g/mol. The first kappa shape index (κ1) is 18.6. The molecule has 1 fully saturated rings. The number of aliphatic hydroxyl groups is 1. The minimum Gasteiger partial charge on any atom is -0.408 e. The Hall–Kier alpha value is -2.17. The second-order valence-corrected chi connectivity index (χ2v) is 8.84. The molecule has 1 N–H and O–H groups in total. The van der Waals surface area contributed by atoms with E-state index in [-0.39, 0.29) is 31.3 Å². The first-order valence-corrected chi connectivity index (χ1v) is 9.74. The Morgan fingerprint density at radius 1 is 1.31 bits per heavy atom. The lowest BCUT2D eigenvalue weighted by Crippen LogP contribution is -2.35. The number of nitrogens with zero attached hydrogens (tertiary/aromatic N) is 3. The number of sulfonamides is 1. The van der Waals surface area contributed by atoms with E-state index in [0.29, 0.717) is 11.1 Å². The minimum absolute atomic E-state index is 0.0387. The summed E-state index contributed by atoms with van der Waals surface area (Å²) in [5.41, 5.74) is 0.902. The lowest BCUT2D eigenvalue weighted by molar-refractivity contribution is -0.131. The number of β-amino-alcohol motifs (C(OH)–C–C–N with tert-alkyl or cyclic N) is 1. The molecule has 1 aromatic carbocycles. The molecule has 10 heteroatoms. The number of likely N-dealkylation sites (tertiary alicyclic amines) is 1. The largest absolute Gasteiger partial charge is 0.420 e. The Labute approximate surface area is 150 Å². The van der Waals surface area contributed by atoms with Crippen molar-refractivity contribution in [1.82, 2.24) is 13.8 Å². The maximum atomic E-state index is 12.6. The zero-order valence-corrected chi connectivity index (χ0v) is 15.3. The third-order valence-electron chi connectivity index (χ3n) is 4.61. The summed E-state index contributed by atoms with van der Waals surface area (Å²) in [6, 6.07) is 6.78. The molecule has 1 aliphatic rings. The topological polar surface area (TPSA) is 113 Å². The van der Waals surface area contributed by atoms with Crippen molar-refractivity contribution in [2.45, 2.75) is 12.6 Å². The molecule has 2 atom stereocenters. The zero-order chi connectivity index (χ0) is 19.1. The molecule has 0 unspecified atom stereocenters. The van der Waals surface area contributed by atoms with Crippen LogP contribution in [0.3, 0.4) is 0 Å². The first-order valence-electron chi connectivity index (χ1n) is 8.13. The summed E-state index contributed by atoms with van der Waals surface area (Å²) in [4.78, 5) is 25.9. The standard InChI is InChI=1S/C16H21N3O6S/c1-17(2)26(23,24)10-11-7-18(8-13(11)20)15(21)9-19-12-5-3-4-6-14(12)25-16(19)22/h3-6,11,13,20H,7-10H2,1-2H3/t11-,13-/m0/s1. The van der Waals surface area contributed by atoms with Crippen LogP contribution < -0.4 is 5.76 Å². The van der Waals surface area contributed by atoms with Crippen LogP contribution in [0.1, 0.15) is 0 Å². The zero-order valence-electron chi connectivity index (χ0n) is 14.5. The molecule has 0 radical (unpaired) electrons. The van der Waals surface area contributed by atoms with Gasteiger partial charge >= 0.3 is 5.76 Å². The molecule has 2 heterocycles. The Morgan fingerprint density at radius 3 is 2.69 bits per heavy atom. The number of oxazole rings is 1. The number of amides is 1. The van der Waals surface area contributed by atoms with Crippen LogP contribution >= 0.6 is 0 Å². The molecule has 0 aliphatic carbocycles. The molecule has 1 aliphatic heterocycles. The van der Waals surface area contributed by atoms with Crippen LogP contribution in [0.5, 0.6) is 0 Å². The summed E-state index contributed by atoms with van der Waals surface area (Å²) >= 11 is 0. The Kier molecular flexibility index (Phi) is 4.91. The van der Waals surface area contributed by atoms with Gasteiger partial charge in [0.05, 0.1) is 17.4 Å². The fourth-order valence-electron chi connectivity index (χ4n) is 3.04.